The molecule has 2 aliphatic rings. The van der Waals surface area contributed by atoms with Crippen molar-refractivity contribution in [3.8, 4) is 0 Å². The van der Waals surface area contributed by atoms with Gasteiger partial charge in [-0.05, 0) is 63.6 Å². The Morgan fingerprint density at radius 3 is 2.88 bits per heavy atom. The highest BCUT2D eigenvalue weighted by molar-refractivity contribution is 7.18. The molecule has 0 saturated carbocycles. The number of rotatable bonds is 9. The van der Waals surface area contributed by atoms with E-state index < -0.39 is 11.4 Å². The number of allylic oxidation sites excluding steroid dienone is 4. The van der Waals surface area contributed by atoms with E-state index in [0.29, 0.717) is 19.4 Å². The Labute approximate surface area is 192 Å². The van der Waals surface area contributed by atoms with E-state index in [1.54, 1.807) is 11.3 Å². The molecule has 7 nitrogen and oxygen atoms in total. The Morgan fingerprint density at radius 1 is 1.28 bits per heavy atom. The molecule has 32 heavy (non-hydrogen) atoms. The normalized spacial score (nSPS) is 20.1. The number of carbonyl (C=O) groups is 2. The van der Waals surface area contributed by atoms with Crippen LogP contribution in [0.3, 0.4) is 0 Å². The van der Waals surface area contributed by atoms with E-state index in [0.717, 1.165) is 52.4 Å². The molecule has 2 aromatic rings. The third-order valence-corrected chi connectivity index (χ3v) is 7.19. The molecule has 1 heterocycles. The first-order chi connectivity index (χ1) is 15.3. The molecule has 0 fully saturated rings. The molecule has 1 aromatic heterocycles. The van der Waals surface area contributed by atoms with Crippen LogP contribution in [-0.4, -0.2) is 54.1 Å². The van der Waals surface area contributed by atoms with E-state index in [-0.39, 0.29) is 12.3 Å². The van der Waals surface area contributed by atoms with Gasteiger partial charge in [-0.25, -0.2) is 4.98 Å². The first kappa shape index (κ1) is 22.5. The fourth-order valence-electron chi connectivity index (χ4n) is 4.57. The van der Waals surface area contributed by atoms with Crippen LogP contribution in [0.25, 0.3) is 10.2 Å². The molecule has 170 valence electrons. The lowest BCUT2D eigenvalue weighted by Gasteiger charge is -2.26. The van der Waals surface area contributed by atoms with E-state index in [1.807, 2.05) is 32.3 Å². The second kappa shape index (κ2) is 9.42. The number of carbonyl (C=O) groups excluding carboxylic acids is 1. The number of hydrogen-bond donors (Lipinski definition) is 3. The number of nitrogens with one attached hydrogen (secondary N) is 2. The molecule has 1 unspecified atom stereocenters. The molecule has 8 heteroatoms. The van der Waals surface area contributed by atoms with Gasteiger partial charge in [0.2, 0.25) is 5.91 Å². The van der Waals surface area contributed by atoms with Crippen molar-refractivity contribution in [2.45, 2.75) is 38.6 Å². The number of carboxylic acid groups (broad SMARTS) is 1. The molecule has 2 aliphatic carbocycles. The molecular formula is C24H30N4O3S. The minimum absolute atomic E-state index is 0.151. The molecule has 3 N–H and O–H groups in total. The van der Waals surface area contributed by atoms with Crippen LogP contribution in [0, 0.1) is 5.41 Å². The van der Waals surface area contributed by atoms with Gasteiger partial charge in [-0.1, -0.05) is 17.7 Å². The summed E-state index contributed by atoms with van der Waals surface area (Å²) < 4.78 is 1.07. The van der Waals surface area contributed by atoms with Gasteiger partial charge in [-0.3, -0.25) is 9.59 Å². The summed E-state index contributed by atoms with van der Waals surface area (Å²) in [6.07, 6.45) is 6.93. The molecule has 1 amide bonds. The minimum Gasteiger partial charge on any atom is -0.481 e. The van der Waals surface area contributed by atoms with Gasteiger partial charge in [0.25, 0.3) is 0 Å². The predicted octanol–water partition coefficient (Wildman–Crippen LogP) is 3.79. The Kier molecular flexibility index (Phi) is 6.62. The molecule has 0 aliphatic heterocycles. The number of benzene rings is 1. The summed E-state index contributed by atoms with van der Waals surface area (Å²) in [6.45, 7) is 2.10. The average Bonchev–Trinajstić information content (AvgIpc) is 3.31. The molecular weight excluding hydrogens is 424 g/mol. The highest BCUT2D eigenvalue weighted by atomic mass is 32.1. The Balaban J connectivity index is 1.42. The van der Waals surface area contributed by atoms with E-state index in [9.17, 15) is 14.7 Å². The smallest absolute Gasteiger partial charge is 0.304 e. The maximum Gasteiger partial charge on any atom is 0.304 e. The van der Waals surface area contributed by atoms with Crippen molar-refractivity contribution in [3.05, 3.63) is 46.5 Å². The second-order valence-corrected chi connectivity index (χ2v) is 10.1. The number of hydrogen-bond acceptors (Lipinski definition) is 6. The fraction of sp³-hybridized carbons (Fsp3) is 0.458. The van der Waals surface area contributed by atoms with Gasteiger partial charge in [0, 0.05) is 18.8 Å². The predicted molar refractivity (Wildman–Crippen MR) is 128 cm³/mol. The number of amides is 1. The highest BCUT2D eigenvalue weighted by Gasteiger charge is 2.46. The summed E-state index contributed by atoms with van der Waals surface area (Å²) in [5, 5.41) is 16.7. The minimum atomic E-state index is -0.932. The standard InChI is InChI=1S/C24H30N4O3S/c1-28(2)10-9-25-18-7-8-20-19(11-18)27-21(32-20)15-26-23(31)24(14-22(29)30)12-16-5-3-4-6-17(16)13-24/h3,5,7-8,11,25H,4,6,9-10,12-15H2,1-2H3,(H,26,31)(H,29,30). The van der Waals surface area contributed by atoms with Crippen molar-refractivity contribution in [2.24, 2.45) is 5.41 Å². The molecule has 0 bridgehead atoms. The van der Waals surface area contributed by atoms with Crippen LogP contribution >= 0.6 is 11.3 Å². The van der Waals surface area contributed by atoms with E-state index in [4.69, 9.17) is 0 Å². The van der Waals surface area contributed by atoms with Crippen molar-refractivity contribution in [1.29, 1.82) is 0 Å². The Bertz CT molecular complexity index is 1090. The lowest BCUT2D eigenvalue weighted by Crippen LogP contribution is -2.41. The van der Waals surface area contributed by atoms with Crippen LogP contribution < -0.4 is 10.6 Å². The van der Waals surface area contributed by atoms with Crippen molar-refractivity contribution in [1.82, 2.24) is 15.2 Å². The van der Waals surface area contributed by atoms with Crippen molar-refractivity contribution in [3.63, 3.8) is 0 Å². The summed E-state index contributed by atoms with van der Waals surface area (Å²) in [4.78, 5) is 31.6. The van der Waals surface area contributed by atoms with Gasteiger partial charge >= 0.3 is 5.97 Å². The fourth-order valence-corrected chi connectivity index (χ4v) is 5.45. The van der Waals surface area contributed by atoms with Gasteiger partial charge in [0.15, 0.2) is 0 Å². The number of likely N-dealkylation sites (N-methyl/N-ethyl adjacent to an activating group) is 1. The number of aliphatic carboxylic acids is 1. The molecule has 0 radical (unpaired) electrons. The molecule has 4 rings (SSSR count). The Hall–Kier alpha value is -2.71. The van der Waals surface area contributed by atoms with E-state index in [1.165, 1.54) is 5.57 Å². The van der Waals surface area contributed by atoms with Crippen LogP contribution in [0.15, 0.2) is 41.5 Å². The van der Waals surface area contributed by atoms with Crippen molar-refractivity contribution in [2.75, 3.05) is 32.5 Å². The highest BCUT2D eigenvalue weighted by Crippen LogP contribution is 2.48. The summed E-state index contributed by atoms with van der Waals surface area (Å²) in [5.41, 5.74) is 3.40. The van der Waals surface area contributed by atoms with E-state index in [2.05, 4.69) is 32.7 Å². The van der Waals surface area contributed by atoms with Crippen LogP contribution in [0.2, 0.25) is 0 Å². The molecule has 0 saturated heterocycles. The quantitative estimate of drug-likeness (QED) is 0.534. The summed E-state index contributed by atoms with van der Waals surface area (Å²) >= 11 is 1.55. The molecule has 1 atom stereocenters. The average molecular weight is 455 g/mol. The summed E-state index contributed by atoms with van der Waals surface area (Å²) in [7, 11) is 4.08. The molecule has 0 spiro atoms. The van der Waals surface area contributed by atoms with Gasteiger partial charge in [-0.15, -0.1) is 11.3 Å². The number of nitrogens with zero attached hydrogens (tertiary/aromatic N) is 2. The first-order valence-electron chi connectivity index (χ1n) is 11.0. The monoisotopic (exact) mass is 454 g/mol. The van der Waals surface area contributed by atoms with E-state index >= 15 is 0 Å². The van der Waals surface area contributed by atoms with Crippen molar-refractivity contribution < 1.29 is 14.7 Å². The number of carboxylic acids is 1. The van der Waals surface area contributed by atoms with Crippen LogP contribution in [0.4, 0.5) is 5.69 Å². The van der Waals surface area contributed by atoms with Crippen LogP contribution in [-0.2, 0) is 16.1 Å². The SMILES string of the molecule is CN(C)CCNc1ccc2sc(CNC(=O)C3(CC(=O)O)CC4=C(CCC=C4)C3)nc2c1. The maximum atomic E-state index is 13.2. The third-order valence-electron chi connectivity index (χ3n) is 6.16. The zero-order valence-electron chi connectivity index (χ0n) is 18.6. The number of anilines is 1. The zero-order chi connectivity index (χ0) is 22.7. The topological polar surface area (TPSA) is 94.6 Å². The second-order valence-electron chi connectivity index (χ2n) is 8.98. The largest absolute Gasteiger partial charge is 0.481 e. The van der Waals surface area contributed by atoms with Gasteiger partial charge in [0.05, 0.1) is 28.6 Å². The number of aromatic nitrogens is 1. The lowest BCUT2D eigenvalue weighted by atomic mass is 9.79. The lowest BCUT2D eigenvalue weighted by molar-refractivity contribution is -0.145. The number of thiazole rings is 1. The third kappa shape index (κ3) is 5.02. The first-order valence-corrected chi connectivity index (χ1v) is 11.8. The van der Waals surface area contributed by atoms with Gasteiger partial charge < -0.3 is 20.6 Å². The summed E-state index contributed by atoms with van der Waals surface area (Å²) in [5.74, 6) is -1.12. The maximum absolute atomic E-state index is 13.2. The zero-order valence-corrected chi connectivity index (χ0v) is 19.4. The Morgan fingerprint density at radius 2 is 2.12 bits per heavy atom. The van der Waals surface area contributed by atoms with Crippen LogP contribution in [0.5, 0.6) is 0 Å². The summed E-state index contributed by atoms with van der Waals surface area (Å²) in [6, 6.07) is 6.12. The number of fused-ring (bicyclic) bond motifs is 1. The molecule has 1 aromatic carbocycles. The van der Waals surface area contributed by atoms with Crippen LogP contribution in [0.1, 0.15) is 37.1 Å². The van der Waals surface area contributed by atoms with Gasteiger partial charge in [-0.2, -0.15) is 0 Å². The van der Waals surface area contributed by atoms with Gasteiger partial charge in [0.1, 0.15) is 5.01 Å². The van der Waals surface area contributed by atoms with Crippen molar-refractivity contribution >= 4 is 39.1 Å².